The number of carbonyl (C=O) groups excluding carboxylic acids is 1. The lowest BCUT2D eigenvalue weighted by Gasteiger charge is -2.12. The Morgan fingerprint density at radius 3 is 2.38 bits per heavy atom. The second kappa shape index (κ2) is 10.2. The summed E-state index contributed by atoms with van der Waals surface area (Å²) in [6.07, 6.45) is 0. The molecule has 0 bridgehead atoms. The van der Waals surface area contributed by atoms with Gasteiger partial charge in [-0.2, -0.15) is 0 Å². The number of nitrogens with one attached hydrogen (secondary N) is 2. The third-order valence-corrected chi connectivity index (χ3v) is 6.25. The van der Waals surface area contributed by atoms with Crippen LogP contribution >= 0.6 is 0 Å². The average Bonchev–Trinajstić information content (AvgIpc) is 2.78. The van der Waals surface area contributed by atoms with Gasteiger partial charge in [-0.25, -0.2) is 8.42 Å². The molecule has 0 fully saturated rings. The summed E-state index contributed by atoms with van der Waals surface area (Å²) >= 11 is 0. The number of ether oxygens (including phenoxy) is 2. The van der Waals surface area contributed by atoms with Crippen molar-refractivity contribution in [1.29, 1.82) is 0 Å². The molecule has 32 heavy (non-hydrogen) atoms. The molecule has 0 aliphatic rings. The fourth-order valence-corrected chi connectivity index (χ4v) is 4.41. The van der Waals surface area contributed by atoms with Crippen LogP contribution in [0.15, 0.2) is 71.6 Å². The van der Waals surface area contributed by atoms with Crippen LogP contribution in [-0.4, -0.2) is 34.6 Å². The maximum atomic E-state index is 12.7. The van der Waals surface area contributed by atoms with Gasteiger partial charge in [0.1, 0.15) is 18.1 Å². The first-order valence-corrected chi connectivity index (χ1v) is 11.5. The highest BCUT2D eigenvalue weighted by Crippen LogP contribution is 2.21. The number of hydrogen-bond donors (Lipinski definition) is 2. The second-order valence-electron chi connectivity index (χ2n) is 7.24. The third-order valence-electron chi connectivity index (χ3n) is 4.73. The van der Waals surface area contributed by atoms with Gasteiger partial charge in [-0.15, -0.1) is 0 Å². The Morgan fingerprint density at radius 1 is 0.938 bits per heavy atom. The number of amides is 1. The smallest absolute Gasteiger partial charge is 0.262 e. The normalized spacial score (nSPS) is 11.0. The lowest BCUT2D eigenvalue weighted by molar-refractivity contribution is 0.0947. The summed E-state index contributed by atoms with van der Waals surface area (Å²) in [5, 5.41) is 2.77. The fraction of sp³-hybridized carbons (Fsp3) is 0.208. The lowest BCUT2D eigenvalue weighted by Crippen LogP contribution is -2.28. The summed E-state index contributed by atoms with van der Waals surface area (Å²) in [7, 11) is -2.14. The number of anilines is 1. The second-order valence-corrected chi connectivity index (χ2v) is 8.89. The molecule has 168 valence electrons. The molecule has 0 aliphatic heterocycles. The van der Waals surface area contributed by atoms with Gasteiger partial charge in [0.2, 0.25) is 0 Å². The SMILES string of the molecule is COc1cccc(OCCNC(=O)c2ccc(NS(=O)(=O)c3cc(C)ccc3C)cc2)c1. The predicted molar refractivity (Wildman–Crippen MR) is 124 cm³/mol. The monoisotopic (exact) mass is 454 g/mol. The topological polar surface area (TPSA) is 93.7 Å². The van der Waals surface area contributed by atoms with E-state index in [1.807, 2.05) is 31.2 Å². The fourth-order valence-electron chi connectivity index (χ4n) is 3.02. The molecule has 0 saturated heterocycles. The molecule has 0 atom stereocenters. The summed E-state index contributed by atoms with van der Waals surface area (Å²) in [4.78, 5) is 12.6. The van der Waals surface area contributed by atoms with E-state index >= 15 is 0 Å². The molecule has 0 aromatic heterocycles. The van der Waals surface area contributed by atoms with Gasteiger partial charge < -0.3 is 14.8 Å². The van der Waals surface area contributed by atoms with Crippen LogP contribution in [0.3, 0.4) is 0 Å². The Labute approximate surface area is 188 Å². The van der Waals surface area contributed by atoms with Crippen LogP contribution in [0.5, 0.6) is 11.5 Å². The van der Waals surface area contributed by atoms with E-state index < -0.39 is 10.0 Å². The van der Waals surface area contributed by atoms with Crippen molar-refractivity contribution in [2.24, 2.45) is 0 Å². The summed E-state index contributed by atoms with van der Waals surface area (Å²) < 4.78 is 38.7. The molecular weight excluding hydrogens is 428 g/mol. The average molecular weight is 455 g/mol. The van der Waals surface area contributed by atoms with Gasteiger partial charge in [0.25, 0.3) is 15.9 Å². The molecule has 0 unspecified atom stereocenters. The van der Waals surface area contributed by atoms with Gasteiger partial charge in [-0.05, 0) is 67.4 Å². The van der Waals surface area contributed by atoms with Crippen LogP contribution in [0.1, 0.15) is 21.5 Å². The van der Waals surface area contributed by atoms with E-state index in [2.05, 4.69) is 10.0 Å². The van der Waals surface area contributed by atoms with Crippen LogP contribution in [0.4, 0.5) is 5.69 Å². The summed E-state index contributed by atoms with van der Waals surface area (Å²) in [5.41, 5.74) is 2.32. The molecule has 2 N–H and O–H groups in total. The van der Waals surface area contributed by atoms with E-state index in [-0.39, 0.29) is 10.8 Å². The lowest BCUT2D eigenvalue weighted by atomic mass is 10.2. The Morgan fingerprint density at radius 2 is 1.66 bits per heavy atom. The quantitative estimate of drug-likeness (QED) is 0.478. The molecule has 0 saturated carbocycles. The Bertz CT molecular complexity index is 1190. The van der Waals surface area contributed by atoms with Gasteiger partial charge >= 0.3 is 0 Å². The molecule has 3 rings (SSSR count). The molecule has 0 heterocycles. The molecular formula is C24H26N2O5S. The van der Waals surface area contributed by atoms with Crippen molar-refractivity contribution in [2.45, 2.75) is 18.7 Å². The molecule has 0 aliphatic carbocycles. The van der Waals surface area contributed by atoms with Crippen LogP contribution < -0.4 is 19.5 Å². The van der Waals surface area contributed by atoms with Gasteiger partial charge in [0.15, 0.2) is 0 Å². The maximum absolute atomic E-state index is 12.7. The molecule has 3 aromatic carbocycles. The maximum Gasteiger partial charge on any atom is 0.262 e. The zero-order chi connectivity index (χ0) is 23.1. The van der Waals surface area contributed by atoms with Crippen molar-refractivity contribution in [1.82, 2.24) is 5.32 Å². The molecule has 1 amide bonds. The molecule has 0 radical (unpaired) electrons. The standard InChI is InChI=1S/C24H26N2O5S/c1-17-7-8-18(2)23(15-17)32(28,29)26-20-11-9-19(10-12-20)24(27)25-13-14-31-22-6-4-5-21(16-22)30-3/h4-12,15-16,26H,13-14H2,1-3H3,(H,25,27). The number of sulfonamides is 1. The van der Waals surface area contributed by atoms with Gasteiger partial charge in [-0.3, -0.25) is 9.52 Å². The molecule has 7 nitrogen and oxygen atoms in total. The first-order chi connectivity index (χ1) is 15.3. The van der Waals surface area contributed by atoms with Crippen molar-refractivity contribution in [3.8, 4) is 11.5 Å². The van der Waals surface area contributed by atoms with Gasteiger partial charge in [0, 0.05) is 17.3 Å². The van der Waals surface area contributed by atoms with E-state index in [1.54, 1.807) is 56.5 Å². The number of methoxy groups -OCH3 is 1. The van der Waals surface area contributed by atoms with Crippen molar-refractivity contribution in [2.75, 3.05) is 25.0 Å². The number of carbonyl (C=O) groups is 1. The highest BCUT2D eigenvalue weighted by Gasteiger charge is 2.17. The summed E-state index contributed by atoms with van der Waals surface area (Å²) in [6.45, 7) is 4.21. The minimum absolute atomic E-state index is 0.232. The van der Waals surface area contributed by atoms with Crippen LogP contribution in [-0.2, 0) is 10.0 Å². The number of aryl methyl sites for hydroxylation is 2. The first-order valence-electron chi connectivity index (χ1n) is 10.0. The zero-order valence-electron chi connectivity index (χ0n) is 18.2. The third kappa shape index (κ3) is 6.01. The van der Waals surface area contributed by atoms with Crippen LogP contribution in [0, 0.1) is 13.8 Å². The highest BCUT2D eigenvalue weighted by atomic mass is 32.2. The molecule has 8 heteroatoms. The molecule has 0 spiro atoms. The van der Waals surface area contributed by atoms with Crippen molar-refractivity contribution in [3.05, 3.63) is 83.4 Å². The van der Waals surface area contributed by atoms with E-state index in [9.17, 15) is 13.2 Å². The summed E-state index contributed by atoms with van der Waals surface area (Å²) in [5.74, 6) is 1.07. The van der Waals surface area contributed by atoms with Crippen LogP contribution in [0.2, 0.25) is 0 Å². The number of benzene rings is 3. The van der Waals surface area contributed by atoms with Gasteiger partial charge in [-0.1, -0.05) is 18.2 Å². The summed E-state index contributed by atoms with van der Waals surface area (Å²) in [6, 6.07) is 18.7. The Hall–Kier alpha value is -3.52. The van der Waals surface area contributed by atoms with Gasteiger partial charge in [0.05, 0.1) is 18.6 Å². The highest BCUT2D eigenvalue weighted by molar-refractivity contribution is 7.92. The predicted octanol–water partition coefficient (Wildman–Crippen LogP) is 3.92. The van der Waals surface area contributed by atoms with E-state index in [4.69, 9.17) is 9.47 Å². The van der Waals surface area contributed by atoms with E-state index in [1.165, 1.54) is 0 Å². The minimum Gasteiger partial charge on any atom is -0.497 e. The first kappa shape index (κ1) is 23.1. The zero-order valence-corrected chi connectivity index (χ0v) is 19.0. The number of hydrogen-bond acceptors (Lipinski definition) is 5. The largest absolute Gasteiger partial charge is 0.497 e. The van der Waals surface area contributed by atoms with Crippen molar-refractivity contribution >= 4 is 21.6 Å². The van der Waals surface area contributed by atoms with Crippen molar-refractivity contribution < 1.29 is 22.7 Å². The molecule has 3 aromatic rings. The Balaban J connectivity index is 1.54. The van der Waals surface area contributed by atoms with Crippen LogP contribution in [0.25, 0.3) is 0 Å². The Kier molecular flexibility index (Phi) is 7.37. The number of rotatable bonds is 9. The van der Waals surface area contributed by atoms with E-state index in [0.717, 1.165) is 5.56 Å². The van der Waals surface area contributed by atoms with E-state index in [0.29, 0.717) is 41.5 Å². The minimum atomic E-state index is -3.72. The van der Waals surface area contributed by atoms with Crippen molar-refractivity contribution in [3.63, 3.8) is 0 Å².